The van der Waals surface area contributed by atoms with Crippen molar-refractivity contribution in [2.45, 2.75) is 18.4 Å². The first-order valence-corrected chi connectivity index (χ1v) is 8.15. The van der Waals surface area contributed by atoms with Crippen LogP contribution in [0.2, 0.25) is 0 Å². The van der Waals surface area contributed by atoms with Crippen molar-refractivity contribution >= 4 is 32.8 Å². The molecule has 0 aliphatic carbocycles. The number of aryl methyl sites for hydroxylation is 1. The Hall–Kier alpha value is -1.25. The molecule has 120 valence electrons. The van der Waals surface area contributed by atoms with Crippen molar-refractivity contribution in [3.8, 4) is 0 Å². The smallest absolute Gasteiger partial charge is 0.164 e. The molecule has 22 heavy (non-hydrogen) atoms. The molecule has 1 saturated heterocycles. The molecule has 1 N–H and O–H groups in total. The van der Waals surface area contributed by atoms with Gasteiger partial charge < -0.3 is 15.0 Å². The number of rotatable bonds is 4. The predicted octanol–water partition coefficient (Wildman–Crippen LogP) is 1.65. The number of halogens is 1. The molecule has 3 rings (SSSR count). The Kier molecular flexibility index (Phi) is 4.33. The molecule has 0 radical (unpaired) electrons. The van der Waals surface area contributed by atoms with Gasteiger partial charge in [-0.3, -0.25) is 0 Å². The van der Waals surface area contributed by atoms with Crippen molar-refractivity contribution in [3.05, 3.63) is 10.9 Å². The number of nitrogens with one attached hydrogen (secondary N) is 1. The summed E-state index contributed by atoms with van der Waals surface area (Å²) in [6.45, 7) is 2.42. The fourth-order valence-corrected chi connectivity index (χ4v) is 3.56. The summed E-state index contributed by atoms with van der Waals surface area (Å²) in [5.41, 5.74) is 0.903. The lowest BCUT2D eigenvalue weighted by Crippen LogP contribution is -2.53. The van der Waals surface area contributed by atoms with Crippen molar-refractivity contribution in [2.75, 3.05) is 39.2 Å². The van der Waals surface area contributed by atoms with Crippen LogP contribution >= 0.6 is 15.9 Å². The van der Waals surface area contributed by atoms with Gasteiger partial charge in [0.1, 0.15) is 16.7 Å². The van der Waals surface area contributed by atoms with E-state index in [0.717, 1.165) is 54.1 Å². The number of hydrogen-bond donors (Lipinski definition) is 1. The normalized spacial score (nSPS) is 18.0. The van der Waals surface area contributed by atoms with Gasteiger partial charge in [0, 0.05) is 32.3 Å². The van der Waals surface area contributed by atoms with E-state index in [1.807, 2.05) is 7.05 Å². The van der Waals surface area contributed by atoms with Crippen LogP contribution in [-0.2, 0) is 11.8 Å². The molecule has 8 heteroatoms. The van der Waals surface area contributed by atoms with E-state index in [1.54, 1.807) is 11.0 Å². The molecule has 1 aliphatic rings. The molecule has 7 nitrogen and oxygen atoms in total. The van der Waals surface area contributed by atoms with Gasteiger partial charge in [0.05, 0.1) is 5.39 Å². The van der Waals surface area contributed by atoms with Crippen LogP contribution in [0.3, 0.4) is 0 Å². The molecular weight excluding hydrogens is 348 g/mol. The van der Waals surface area contributed by atoms with Crippen LogP contribution in [0.1, 0.15) is 12.8 Å². The van der Waals surface area contributed by atoms with Gasteiger partial charge in [0.15, 0.2) is 5.65 Å². The highest BCUT2D eigenvalue weighted by atomic mass is 79.9. The van der Waals surface area contributed by atoms with E-state index in [-0.39, 0.29) is 5.54 Å². The lowest BCUT2D eigenvalue weighted by Gasteiger charge is -2.43. The maximum Gasteiger partial charge on any atom is 0.164 e. The molecule has 2 aromatic rings. The molecule has 0 saturated carbocycles. The van der Waals surface area contributed by atoms with Gasteiger partial charge in [-0.15, -0.1) is 0 Å². The van der Waals surface area contributed by atoms with Crippen molar-refractivity contribution < 1.29 is 4.74 Å². The minimum Gasteiger partial charge on any atom is -0.381 e. The summed E-state index contributed by atoms with van der Waals surface area (Å²) in [6.07, 6.45) is 3.59. The maximum absolute atomic E-state index is 5.52. The quantitative estimate of drug-likeness (QED) is 0.884. The Bertz CT molecular complexity index is 665. The van der Waals surface area contributed by atoms with Crippen LogP contribution in [0.25, 0.3) is 11.0 Å². The molecule has 0 unspecified atom stereocenters. The SMILES string of the molecule is CN(C)C1(CNc2ncnc3c2c(Br)nn3C)CCOCC1. The minimum absolute atomic E-state index is 0.0875. The molecule has 3 heterocycles. The number of fused-ring (bicyclic) bond motifs is 1. The first-order chi connectivity index (χ1) is 10.5. The monoisotopic (exact) mass is 368 g/mol. The van der Waals surface area contributed by atoms with Gasteiger partial charge >= 0.3 is 0 Å². The van der Waals surface area contributed by atoms with Crippen LogP contribution < -0.4 is 5.32 Å². The standard InChI is InChI=1S/C14H21BrN6O/c1-20(2)14(4-6-22-7-5-14)8-16-12-10-11(15)19-21(3)13(10)18-9-17-12/h9H,4-8H2,1-3H3,(H,16,17,18). The molecule has 0 atom stereocenters. The Morgan fingerprint density at radius 1 is 1.36 bits per heavy atom. The summed E-state index contributed by atoms with van der Waals surface area (Å²) in [7, 11) is 6.13. The van der Waals surface area contributed by atoms with Crippen LogP contribution in [-0.4, -0.2) is 64.0 Å². The van der Waals surface area contributed by atoms with Crippen LogP contribution in [0.5, 0.6) is 0 Å². The lowest BCUT2D eigenvalue weighted by molar-refractivity contribution is -0.000651. The van der Waals surface area contributed by atoms with E-state index in [0.29, 0.717) is 0 Å². The third kappa shape index (κ3) is 2.70. The molecular formula is C14H21BrN6O. The van der Waals surface area contributed by atoms with Crippen molar-refractivity contribution in [1.29, 1.82) is 0 Å². The third-order valence-electron chi connectivity index (χ3n) is 4.53. The molecule has 0 spiro atoms. The largest absolute Gasteiger partial charge is 0.381 e. The highest BCUT2D eigenvalue weighted by Gasteiger charge is 2.34. The topological polar surface area (TPSA) is 68.1 Å². The summed E-state index contributed by atoms with van der Waals surface area (Å²) in [5, 5.41) is 8.78. The van der Waals surface area contributed by atoms with Crippen molar-refractivity contribution in [2.24, 2.45) is 7.05 Å². The number of aromatic nitrogens is 4. The number of hydrogen-bond acceptors (Lipinski definition) is 6. The van der Waals surface area contributed by atoms with E-state index in [1.165, 1.54) is 0 Å². The van der Waals surface area contributed by atoms with Crippen LogP contribution in [0.15, 0.2) is 10.9 Å². The van der Waals surface area contributed by atoms with Gasteiger partial charge in [0.2, 0.25) is 0 Å². The summed E-state index contributed by atoms with van der Waals surface area (Å²) >= 11 is 3.49. The van der Waals surface area contributed by atoms with E-state index >= 15 is 0 Å². The van der Waals surface area contributed by atoms with E-state index in [9.17, 15) is 0 Å². The number of ether oxygens (including phenoxy) is 1. The maximum atomic E-state index is 5.52. The van der Waals surface area contributed by atoms with Gasteiger partial charge in [0.25, 0.3) is 0 Å². The summed E-state index contributed by atoms with van der Waals surface area (Å²) in [5.74, 6) is 0.817. The van der Waals surface area contributed by atoms with Gasteiger partial charge in [-0.05, 0) is 42.9 Å². The molecule has 0 amide bonds. The van der Waals surface area contributed by atoms with E-state index in [4.69, 9.17) is 4.74 Å². The second kappa shape index (κ2) is 6.10. The van der Waals surface area contributed by atoms with Crippen molar-refractivity contribution in [3.63, 3.8) is 0 Å². The number of nitrogens with zero attached hydrogens (tertiary/aromatic N) is 5. The van der Waals surface area contributed by atoms with Gasteiger partial charge in [-0.25, -0.2) is 14.6 Å². The lowest BCUT2D eigenvalue weighted by atomic mass is 9.88. The first kappa shape index (κ1) is 15.6. The first-order valence-electron chi connectivity index (χ1n) is 7.36. The fraction of sp³-hybridized carbons (Fsp3) is 0.643. The second-order valence-corrected chi connectivity index (χ2v) is 6.67. The summed E-state index contributed by atoms with van der Waals surface area (Å²) < 4.78 is 8.03. The molecule has 0 bridgehead atoms. The molecule has 1 aliphatic heterocycles. The molecule has 0 aromatic carbocycles. The number of likely N-dealkylation sites (N-methyl/N-ethyl adjacent to an activating group) is 1. The van der Waals surface area contributed by atoms with E-state index in [2.05, 4.69) is 55.3 Å². The highest BCUT2D eigenvalue weighted by Crippen LogP contribution is 2.30. The average Bonchev–Trinajstić information content (AvgIpc) is 2.81. The van der Waals surface area contributed by atoms with E-state index < -0.39 is 0 Å². The zero-order chi connectivity index (χ0) is 15.7. The van der Waals surface area contributed by atoms with Crippen LogP contribution in [0.4, 0.5) is 5.82 Å². The van der Waals surface area contributed by atoms with Gasteiger partial charge in [-0.1, -0.05) is 0 Å². The van der Waals surface area contributed by atoms with Crippen molar-refractivity contribution in [1.82, 2.24) is 24.6 Å². The van der Waals surface area contributed by atoms with Crippen LogP contribution in [0, 0.1) is 0 Å². The third-order valence-corrected chi connectivity index (χ3v) is 5.09. The molecule has 1 fully saturated rings. The Balaban J connectivity index is 1.87. The second-order valence-electron chi connectivity index (χ2n) is 5.92. The Morgan fingerprint density at radius 3 is 2.77 bits per heavy atom. The summed E-state index contributed by atoms with van der Waals surface area (Å²) in [6, 6.07) is 0. The zero-order valence-corrected chi connectivity index (χ0v) is 14.7. The molecule has 2 aromatic heterocycles. The highest BCUT2D eigenvalue weighted by molar-refractivity contribution is 9.10. The average molecular weight is 369 g/mol. The number of anilines is 1. The van der Waals surface area contributed by atoms with Gasteiger partial charge in [-0.2, -0.15) is 5.10 Å². The minimum atomic E-state index is 0.0875. The fourth-order valence-electron chi connectivity index (χ4n) is 2.96. The zero-order valence-electron chi connectivity index (χ0n) is 13.1. The predicted molar refractivity (Wildman–Crippen MR) is 89.0 cm³/mol. The summed E-state index contributed by atoms with van der Waals surface area (Å²) in [4.78, 5) is 11.0. The Morgan fingerprint density at radius 2 is 2.09 bits per heavy atom. The Labute approximate surface area is 138 Å².